The van der Waals surface area contributed by atoms with Crippen LogP contribution in [0.5, 0.6) is 0 Å². The summed E-state index contributed by atoms with van der Waals surface area (Å²) in [6, 6.07) is 8.40. The van der Waals surface area contributed by atoms with E-state index in [0.29, 0.717) is 6.42 Å². The molecular weight excluding hydrogens is 220 g/mol. The summed E-state index contributed by atoms with van der Waals surface area (Å²) in [5.41, 5.74) is 6.38. The Balaban J connectivity index is 2.40. The summed E-state index contributed by atoms with van der Waals surface area (Å²) in [6.07, 6.45) is 1.30. The first-order valence-corrected chi connectivity index (χ1v) is 6.42. The number of hydrogen-bond acceptors (Lipinski definition) is 3. The van der Waals surface area contributed by atoms with Gasteiger partial charge < -0.3 is 0 Å². The van der Waals surface area contributed by atoms with Crippen LogP contribution in [0.3, 0.4) is 0 Å². The Morgan fingerprint density at radius 2 is 2.00 bits per heavy atom. The standard InChI is InChI=1S/C12H18N2OS/c1-3-16-11-7-4-10(5-8-11)6-9-12(15)14-13-2/h4-5,7-8,13H,3,6,9H2,1-2H3,(H,14,15). The van der Waals surface area contributed by atoms with Gasteiger partial charge in [-0.05, 0) is 29.9 Å². The number of nitrogens with one attached hydrogen (secondary N) is 2. The van der Waals surface area contributed by atoms with Gasteiger partial charge >= 0.3 is 0 Å². The molecule has 1 rings (SSSR count). The molecule has 0 aliphatic heterocycles. The molecule has 0 aromatic heterocycles. The zero-order valence-corrected chi connectivity index (χ0v) is 10.6. The smallest absolute Gasteiger partial charge is 0.234 e. The second-order valence-corrected chi connectivity index (χ2v) is 4.71. The van der Waals surface area contributed by atoms with Crippen molar-refractivity contribution in [2.24, 2.45) is 0 Å². The molecule has 4 heteroatoms. The third kappa shape index (κ3) is 4.68. The Morgan fingerprint density at radius 1 is 1.31 bits per heavy atom. The minimum Gasteiger partial charge on any atom is -0.292 e. The summed E-state index contributed by atoms with van der Waals surface area (Å²) in [4.78, 5) is 12.5. The van der Waals surface area contributed by atoms with E-state index in [1.807, 2.05) is 11.8 Å². The molecule has 0 radical (unpaired) electrons. The van der Waals surface area contributed by atoms with E-state index in [9.17, 15) is 4.79 Å². The number of aryl methyl sites for hydroxylation is 1. The van der Waals surface area contributed by atoms with E-state index in [2.05, 4.69) is 42.0 Å². The summed E-state index contributed by atoms with van der Waals surface area (Å²) in [5, 5.41) is 0. The van der Waals surface area contributed by atoms with E-state index < -0.39 is 0 Å². The van der Waals surface area contributed by atoms with Crippen molar-refractivity contribution in [3.05, 3.63) is 29.8 Å². The maximum atomic E-state index is 11.2. The molecule has 0 heterocycles. The minimum atomic E-state index is 0.0227. The van der Waals surface area contributed by atoms with Gasteiger partial charge in [0.25, 0.3) is 0 Å². The summed E-state index contributed by atoms with van der Waals surface area (Å²) in [5.74, 6) is 1.11. The zero-order chi connectivity index (χ0) is 11.8. The lowest BCUT2D eigenvalue weighted by Crippen LogP contribution is -2.34. The Morgan fingerprint density at radius 3 is 2.56 bits per heavy atom. The highest BCUT2D eigenvalue weighted by molar-refractivity contribution is 7.99. The van der Waals surface area contributed by atoms with Crippen molar-refractivity contribution in [1.29, 1.82) is 0 Å². The molecule has 3 nitrogen and oxygen atoms in total. The van der Waals surface area contributed by atoms with Gasteiger partial charge in [0.15, 0.2) is 0 Å². The third-order valence-electron chi connectivity index (χ3n) is 2.14. The molecule has 0 saturated heterocycles. The molecule has 88 valence electrons. The van der Waals surface area contributed by atoms with Gasteiger partial charge in [-0.25, -0.2) is 5.43 Å². The number of carbonyl (C=O) groups is 1. The fourth-order valence-corrected chi connectivity index (χ4v) is 2.04. The molecule has 1 amide bonds. The van der Waals surface area contributed by atoms with Gasteiger partial charge in [-0.3, -0.25) is 10.2 Å². The van der Waals surface area contributed by atoms with Gasteiger partial charge in [0, 0.05) is 18.4 Å². The molecule has 0 bridgehead atoms. The normalized spacial score (nSPS) is 10.1. The van der Waals surface area contributed by atoms with Crippen molar-refractivity contribution in [2.75, 3.05) is 12.8 Å². The first kappa shape index (κ1) is 13.1. The van der Waals surface area contributed by atoms with E-state index >= 15 is 0 Å². The summed E-state index contributed by atoms with van der Waals surface area (Å²) >= 11 is 1.83. The number of carbonyl (C=O) groups excluding carboxylic acids is 1. The second kappa shape index (κ2) is 7.30. The van der Waals surface area contributed by atoms with Crippen LogP contribution in [0.1, 0.15) is 18.9 Å². The Kier molecular flexibility index (Phi) is 5.96. The largest absolute Gasteiger partial charge is 0.292 e. The van der Waals surface area contributed by atoms with Gasteiger partial charge in [0.2, 0.25) is 5.91 Å². The summed E-state index contributed by atoms with van der Waals surface area (Å²) in [6.45, 7) is 2.14. The monoisotopic (exact) mass is 238 g/mol. The zero-order valence-electron chi connectivity index (χ0n) is 9.75. The molecule has 1 aromatic carbocycles. The van der Waals surface area contributed by atoms with Crippen LogP contribution in [-0.4, -0.2) is 18.7 Å². The van der Waals surface area contributed by atoms with E-state index in [1.54, 1.807) is 7.05 Å². The lowest BCUT2D eigenvalue weighted by atomic mass is 10.1. The van der Waals surface area contributed by atoms with Crippen LogP contribution >= 0.6 is 11.8 Å². The van der Waals surface area contributed by atoms with E-state index in [4.69, 9.17) is 0 Å². The van der Waals surface area contributed by atoms with Crippen LogP contribution in [0.25, 0.3) is 0 Å². The van der Waals surface area contributed by atoms with E-state index in [-0.39, 0.29) is 5.91 Å². The van der Waals surface area contributed by atoms with Gasteiger partial charge in [0.05, 0.1) is 0 Å². The first-order valence-electron chi connectivity index (χ1n) is 5.43. The van der Waals surface area contributed by atoms with Crippen molar-refractivity contribution in [3.63, 3.8) is 0 Å². The SMILES string of the molecule is CCSc1ccc(CCC(=O)NNC)cc1. The average molecular weight is 238 g/mol. The van der Waals surface area contributed by atoms with Crippen molar-refractivity contribution < 1.29 is 4.79 Å². The number of hydrogen-bond donors (Lipinski definition) is 2. The Hall–Kier alpha value is -1.00. The lowest BCUT2D eigenvalue weighted by Gasteiger charge is -2.04. The lowest BCUT2D eigenvalue weighted by molar-refractivity contribution is -0.121. The van der Waals surface area contributed by atoms with E-state index in [0.717, 1.165) is 12.2 Å². The van der Waals surface area contributed by atoms with Crippen molar-refractivity contribution in [1.82, 2.24) is 10.9 Å². The number of thioether (sulfide) groups is 1. The molecule has 0 aliphatic carbocycles. The molecule has 0 fully saturated rings. The molecule has 0 atom stereocenters. The molecule has 16 heavy (non-hydrogen) atoms. The number of amides is 1. The topological polar surface area (TPSA) is 41.1 Å². The van der Waals surface area contributed by atoms with Gasteiger partial charge in [-0.1, -0.05) is 19.1 Å². The highest BCUT2D eigenvalue weighted by Gasteiger charge is 2.00. The third-order valence-corrected chi connectivity index (χ3v) is 3.03. The predicted molar refractivity (Wildman–Crippen MR) is 68.4 cm³/mol. The van der Waals surface area contributed by atoms with Crippen LogP contribution in [0, 0.1) is 0 Å². The predicted octanol–water partition coefficient (Wildman–Crippen LogP) is 1.98. The highest BCUT2D eigenvalue weighted by atomic mass is 32.2. The summed E-state index contributed by atoms with van der Waals surface area (Å²) in [7, 11) is 1.69. The molecule has 0 unspecified atom stereocenters. The van der Waals surface area contributed by atoms with Crippen molar-refractivity contribution in [2.45, 2.75) is 24.7 Å². The first-order chi connectivity index (χ1) is 7.76. The maximum absolute atomic E-state index is 11.2. The van der Waals surface area contributed by atoms with Crippen molar-refractivity contribution >= 4 is 17.7 Å². The van der Waals surface area contributed by atoms with Gasteiger partial charge in [-0.2, -0.15) is 0 Å². The molecular formula is C12H18N2OS. The molecule has 1 aromatic rings. The number of rotatable bonds is 6. The van der Waals surface area contributed by atoms with Gasteiger partial charge in [-0.15, -0.1) is 11.8 Å². The molecule has 0 spiro atoms. The van der Waals surface area contributed by atoms with Crippen LogP contribution in [-0.2, 0) is 11.2 Å². The summed E-state index contributed by atoms with van der Waals surface area (Å²) < 4.78 is 0. The fraction of sp³-hybridized carbons (Fsp3) is 0.417. The Labute approximate surface area is 101 Å². The average Bonchev–Trinajstić information content (AvgIpc) is 2.29. The molecule has 2 N–H and O–H groups in total. The van der Waals surface area contributed by atoms with Crippen LogP contribution in [0.2, 0.25) is 0 Å². The molecule has 0 saturated carbocycles. The van der Waals surface area contributed by atoms with Crippen LogP contribution in [0.4, 0.5) is 0 Å². The second-order valence-electron chi connectivity index (χ2n) is 3.38. The fourth-order valence-electron chi connectivity index (χ4n) is 1.38. The van der Waals surface area contributed by atoms with E-state index in [1.165, 1.54) is 10.5 Å². The van der Waals surface area contributed by atoms with Gasteiger partial charge in [0.1, 0.15) is 0 Å². The Bertz CT molecular complexity index is 324. The molecule has 0 aliphatic rings. The maximum Gasteiger partial charge on any atom is 0.234 e. The highest BCUT2D eigenvalue weighted by Crippen LogP contribution is 2.18. The quantitative estimate of drug-likeness (QED) is 0.588. The van der Waals surface area contributed by atoms with Crippen molar-refractivity contribution in [3.8, 4) is 0 Å². The minimum absolute atomic E-state index is 0.0227. The number of benzene rings is 1. The number of hydrazine groups is 1. The van der Waals surface area contributed by atoms with Crippen LogP contribution in [0.15, 0.2) is 29.2 Å². The van der Waals surface area contributed by atoms with Crippen LogP contribution < -0.4 is 10.9 Å².